The maximum Gasteiger partial charge on any atom is 0.136 e. The molecule has 0 unspecified atom stereocenters. The molecule has 31 heavy (non-hydrogen) atoms. The van der Waals surface area contributed by atoms with Gasteiger partial charge in [-0.3, -0.25) is 0 Å². The van der Waals surface area contributed by atoms with Crippen molar-refractivity contribution in [1.82, 2.24) is 20.0 Å². The van der Waals surface area contributed by atoms with Crippen LogP contribution >= 0.6 is 22.6 Å². The second-order valence-corrected chi connectivity index (χ2v) is 8.04. The molecule has 0 fully saturated rings. The Kier molecular flexibility index (Phi) is 4.99. The van der Waals surface area contributed by atoms with Crippen LogP contribution in [0.5, 0.6) is 17.2 Å². The van der Waals surface area contributed by atoms with E-state index in [0.29, 0.717) is 22.9 Å². The molecular weight excluding hydrogens is 510 g/mol. The number of fused-ring (bicyclic) bond motifs is 1. The van der Waals surface area contributed by atoms with E-state index < -0.39 is 0 Å². The van der Waals surface area contributed by atoms with E-state index in [1.54, 1.807) is 41.2 Å². The first kappa shape index (κ1) is 19.4. The molecule has 5 aromatic rings. The third kappa shape index (κ3) is 4.06. The van der Waals surface area contributed by atoms with Crippen LogP contribution in [0.25, 0.3) is 28.0 Å². The topological polar surface area (TPSA) is 73.1 Å². The summed E-state index contributed by atoms with van der Waals surface area (Å²) in [6.45, 7) is 0. The minimum Gasteiger partial charge on any atom is -0.508 e. The number of phenolic OH excluding ortho intramolecular Hbond substituents is 1. The van der Waals surface area contributed by atoms with Crippen molar-refractivity contribution >= 4 is 33.5 Å². The van der Waals surface area contributed by atoms with Gasteiger partial charge in [0.15, 0.2) is 0 Å². The van der Waals surface area contributed by atoms with Crippen LogP contribution < -0.4 is 4.74 Å². The number of nitrogens with zero attached hydrogens (tertiary/aromatic N) is 4. The van der Waals surface area contributed by atoms with Crippen LogP contribution in [0.15, 0.2) is 79.0 Å². The SMILES string of the molecule is Oc1ccc(-n2cc(-c3ccc4c(Oc5cc(F)cc(I)c5)cccc4n3)nn2)cc1. The molecule has 0 aliphatic rings. The number of halogens is 2. The van der Waals surface area contributed by atoms with Crippen LogP contribution in [0.4, 0.5) is 4.39 Å². The van der Waals surface area contributed by atoms with Crippen molar-refractivity contribution in [3.63, 3.8) is 0 Å². The summed E-state index contributed by atoms with van der Waals surface area (Å²) in [5, 5.41) is 18.6. The number of ether oxygens (including phenoxy) is 1. The van der Waals surface area contributed by atoms with Crippen LogP contribution in [-0.4, -0.2) is 25.1 Å². The van der Waals surface area contributed by atoms with E-state index in [4.69, 9.17) is 9.72 Å². The number of hydrogen-bond donors (Lipinski definition) is 1. The summed E-state index contributed by atoms with van der Waals surface area (Å²) in [6.07, 6.45) is 1.77. The predicted octanol–water partition coefficient (Wildman–Crippen LogP) is 5.72. The number of hydrogen-bond acceptors (Lipinski definition) is 5. The van der Waals surface area contributed by atoms with Gasteiger partial charge in [-0.05, 0) is 83.3 Å². The van der Waals surface area contributed by atoms with Crippen molar-refractivity contribution in [2.75, 3.05) is 0 Å². The molecule has 1 N–H and O–H groups in total. The van der Waals surface area contributed by atoms with Gasteiger partial charge in [0.25, 0.3) is 0 Å². The van der Waals surface area contributed by atoms with Crippen molar-refractivity contribution in [2.24, 2.45) is 0 Å². The fraction of sp³-hybridized carbons (Fsp3) is 0. The first-order valence-corrected chi connectivity index (χ1v) is 10.4. The Morgan fingerprint density at radius 1 is 0.935 bits per heavy atom. The molecule has 0 amide bonds. The van der Waals surface area contributed by atoms with Gasteiger partial charge in [-0.1, -0.05) is 11.3 Å². The highest BCUT2D eigenvalue weighted by atomic mass is 127. The Hall–Kier alpha value is -3.53. The third-order valence-corrected chi connectivity index (χ3v) is 5.25. The zero-order valence-corrected chi connectivity index (χ0v) is 18.1. The Bertz CT molecular complexity index is 1380. The highest BCUT2D eigenvalue weighted by molar-refractivity contribution is 14.1. The van der Waals surface area contributed by atoms with Crippen molar-refractivity contribution < 1.29 is 14.2 Å². The van der Waals surface area contributed by atoms with E-state index in [-0.39, 0.29) is 11.6 Å². The van der Waals surface area contributed by atoms with E-state index >= 15 is 0 Å². The fourth-order valence-corrected chi connectivity index (χ4v) is 3.79. The Morgan fingerprint density at radius 2 is 1.77 bits per heavy atom. The highest BCUT2D eigenvalue weighted by Crippen LogP contribution is 2.31. The molecule has 8 heteroatoms. The first-order chi connectivity index (χ1) is 15.0. The smallest absolute Gasteiger partial charge is 0.136 e. The zero-order valence-electron chi connectivity index (χ0n) is 15.9. The second kappa shape index (κ2) is 7.95. The fourth-order valence-electron chi connectivity index (χ4n) is 3.19. The standard InChI is InChI=1S/C23H14FIN4O2/c24-14-10-15(25)12-18(11-14)31-23-3-1-2-20-19(23)8-9-21(26-20)22-13-29(28-27-22)16-4-6-17(30)7-5-16/h1-13,30H. The summed E-state index contributed by atoms with van der Waals surface area (Å²) < 4.78 is 22.0. The van der Waals surface area contributed by atoms with Gasteiger partial charge in [0.1, 0.15) is 28.8 Å². The van der Waals surface area contributed by atoms with Crippen molar-refractivity contribution in [3.8, 4) is 34.3 Å². The maximum atomic E-state index is 13.7. The van der Waals surface area contributed by atoms with E-state index in [2.05, 4.69) is 32.9 Å². The quantitative estimate of drug-likeness (QED) is 0.305. The Labute approximate surface area is 190 Å². The minimum atomic E-state index is -0.348. The first-order valence-electron chi connectivity index (χ1n) is 9.31. The third-order valence-electron chi connectivity index (χ3n) is 4.63. The van der Waals surface area contributed by atoms with Crippen LogP contribution in [0.3, 0.4) is 0 Å². The molecule has 0 bridgehead atoms. The molecule has 0 radical (unpaired) electrons. The molecule has 0 saturated carbocycles. The van der Waals surface area contributed by atoms with E-state index in [9.17, 15) is 9.50 Å². The zero-order chi connectivity index (χ0) is 21.4. The average molecular weight is 524 g/mol. The monoisotopic (exact) mass is 524 g/mol. The summed E-state index contributed by atoms with van der Waals surface area (Å²) in [4.78, 5) is 4.69. The van der Waals surface area contributed by atoms with Gasteiger partial charge in [-0.2, -0.15) is 0 Å². The van der Waals surface area contributed by atoms with E-state index in [1.807, 2.05) is 30.3 Å². The van der Waals surface area contributed by atoms with Gasteiger partial charge >= 0.3 is 0 Å². The Balaban J connectivity index is 1.48. The summed E-state index contributed by atoms with van der Waals surface area (Å²) in [5.74, 6) is 0.856. The number of phenols is 1. The number of aromatic hydroxyl groups is 1. The van der Waals surface area contributed by atoms with Crippen molar-refractivity contribution in [3.05, 3.63) is 88.4 Å². The van der Waals surface area contributed by atoms with Gasteiger partial charge < -0.3 is 9.84 Å². The maximum absolute atomic E-state index is 13.7. The lowest BCUT2D eigenvalue weighted by Gasteiger charge is -2.10. The van der Waals surface area contributed by atoms with Gasteiger partial charge in [-0.25, -0.2) is 14.1 Å². The van der Waals surface area contributed by atoms with Gasteiger partial charge in [0.2, 0.25) is 0 Å². The van der Waals surface area contributed by atoms with Gasteiger partial charge in [0, 0.05) is 15.0 Å². The molecule has 0 atom stereocenters. The van der Waals surface area contributed by atoms with E-state index in [1.165, 1.54) is 12.1 Å². The van der Waals surface area contributed by atoms with E-state index in [0.717, 1.165) is 20.2 Å². The number of aromatic nitrogens is 4. The van der Waals surface area contributed by atoms with Crippen molar-refractivity contribution in [1.29, 1.82) is 0 Å². The van der Waals surface area contributed by atoms with Gasteiger partial charge in [-0.15, -0.1) is 5.10 Å². The molecule has 0 saturated heterocycles. The number of benzene rings is 3. The molecule has 2 heterocycles. The van der Waals surface area contributed by atoms with Crippen LogP contribution in [0.1, 0.15) is 0 Å². The number of rotatable bonds is 4. The lowest BCUT2D eigenvalue weighted by Crippen LogP contribution is -1.93. The minimum absolute atomic E-state index is 0.186. The molecule has 0 aliphatic carbocycles. The lowest BCUT2D eigenvalue weighted by atomic mass is 10.1. The largest absolute Gasteiger partial charge is 0.508 e. The average Bonchev–Trinajstić information content (AvgIpc) is 3.24. The molecule has 3 aromatic carbocycles. The summed E-state index contributed by atoms with van der Waals surface area (Å²) in [5.41, 5.74) is 2.77. The molecular formula is C23H14FIN4O2. The molecule has 5 rings (SSSR count). The second-order valence-electron chi connectivity index (χ2n) is 6.79. The molecule has 0 aliphatic heterocycles. The molecule has 0 spiro atoms. The van der Waals surface area contributed by atoms with Gasteiger partial charge in [0.05, 0.1) is 23.1 Å². The summed E-state index contributed by atoms with van der Waals surface area (Å²) >= 11 is 2.05. The summed E-state index contributed by atoms with van der Waals surface area (Å²) in [7, 11) is 0. The highest BCUT2D eigenvalue weighted by Gasteiger charge is 2.11. The van der Waals surface area contributed by atoms with Crippen LogP contribution in [0, 0.1) is 9.39 Å². The van der Waals surface area contributed by atoms with Crippen molar-refractivity contribution in [2.45, 2.75) is 0 Å². The van der Waals surface area contributed by atoms with Crippen LogP contribution in [0.2, 0.25) is 0 Å². The predicted molar refractivity (Wildman–Crippen MR) is 123 cm³/mol. The molecule has 152 valence electrons. The van der Waals surface area contributed by atoms with Crippen LogP contribution in [-0.2, 0) is 0 Å². The Morgan fingerprint density at radius 3 is 2.58 bits per heavy atom. The molecule has 2 aromatic heterocycles. The number of pyridine rings is 1. The lowest BCUT2D eigenvalue weighted by molar-refractivity contribution is 0.475. The normalized spacial score (nSPS) is 11.0. The summed E-state index contributed by atoms with van der Waals surface area (Å²) in [6, 6.07) is 20.5. The molecule has 6 nitrogen and oxygen atoms in total.